The van der Waals surface area contributed by atoms with E-state index in [2.05, 4.69) is 25.4 Å². The number of anilines is 1. The molecule has 0 bridgehead atoms. The van der Waals surface area contributed by atoms with Crippen molar-refractivity contribution in [2.45, 2.75) is 44.7 Å². The van der Waals surface area contributed by atoms with Gasteiger partial charge >= 0.3 is 6.03 Å². The summed E-state index contributed by atoms with van der Waals surface area (Å²) in [6.07, 6.45) is 7.67. The zero-order chi connectivity index (χ0) is 18.6. The number of amides is 2. The fraction of sp³-hybridized carbons (Fsp3) is 0.500. The highest BCUT2D eigenvalue weighted by molar-refractivity contribution is 5.75. The topological polar surface area (TPSA) is 74.2 Å². The Labute approximate surface area is 159 Å². The summed E-state index contributed by atoms with van der Waals surface area (Å²) < 4.78 is 0. The first-order valence-corrected chi connectivity index (χ1v) is 9.73. The number of urea groups is 1. The molecule has 0 aliphatic carbocycles. The maximum absolute atomic E-state index is 12.9. The van der Waals surface area contributed by atoms with E-state index in [1.54, 1.807) is 12.4 Å². The van der Waals surface area contributed by atoms with Gasteiger partial charge in [-0.1, -0.05) is 0 Å². The number of nitrogens with one attached hydrogen (secondary N) is 1. The van der Waals surface area contributed by atoms with Gasteiger partial charge in [-0.05, 0) is 62.4 Å². The normalized spacial score (nSPS) is 22.7. The van der Waals surface area contributed by atoms with E-state index in [-0.39, 0.29) is 18.1 Å². The van der Waals surface area contributed by atoms with Gasteiger partial charge in [0.1, 0.15) is 0 Å². The Bertz CT molecular complexity index is 766. The molecular weight excluding hydrogens is 340 g/mol. The minimum Gasteiger partial charge on any atom is -0.353 e. The fourth-order valence-electron chi connectivity index (χ4n) is 4.06. The zero-order valence-electron chi connectivity index (χ0n) is 15.7. The van der Waals surface area contributed by atoms with E-state index in [1.165, 1.54) is 0 Å². The zero-order valence-corrected chi connectivity index (χ0v) is 15.7. The highest BCUT2D eigenvalue weighted by Gasteiger charge is 2.32. The highest BCUT2D eigenvalue weighted by Crippen LogP contribution is 2.31. The molecule has 2 aliphatic rings. The van der Waals surface area contributed by atoms with Gasteiger partial charge in [0.15, 0.2) is 5.82 Å². The van der Waals surface area contributed by atoms with Gasteiger partial charge in [0.05, 0.1) is 11.7 Å². The molecule has 0 aromatic carbocycles. The van der Waals surface area contributed by atoms with Crippen molar-refractivity contribution in [3.8, 4) is 0 Å². The number of piperidine rings is 1. The van der Waals surface area contributed by atoms with Crippen molar-refractivity contribution in [1.29, 1.82) is 0 Å². The van der Waals surface area contributed by atoms with Crippen LogP contribution in [-0.4, -0.2) is 51.8 Å². The second kappa shape index (κ2) is 7.90. The first-order chi connectivity index (χ1) is 13.2. The van der Waals surface area contributed by atoms with E-state index in [9.17, 15) is 4.79 Å². The molecule has 27 heavy (non-hydrogen) atoms. The summed E-state index contributed by atoms with van der Waals surface area (Å²) in [6, 6.07) is 8.32. The number of pyridine rings is 1. The molecule has 2 aromatic rings. The van der Waals surface area contributed by atoms with Crippen molar-refractivity contribution in [2.24, 2.45) is 0 Å². The number of aryl methyl sites for hydroxylation is 1. The van der Waals surface area contributed by atoms with Crippen LogP contribution in [-0.2, 0) is 0 Å². The molecule has 0 saturated carbocycles. The Morgan fingerprint density at radius 3 is 2.67 bits per heavy atom. The van der Waals surface area contributed by atoms with Crippen LogP contribution in [0.5, 0.6) is 0 Å². The predicted octanol–water partition coefficient (Wildman–Crippen LogP) is 2.70. The van der Waals surface area contributed by atoms with Crippen molar-refractivity contribution >= 4 is 11.8 Å². The fourth-order valence-corrected chi connectivity index (χ4v) is 4.06. The van der Waals surface area contributed by atoms with Crippen molar-refractivity contribution in [2.75, 3.05) is 24.5 Å². The average molecular weight is 366 g/mol. The molecule has 2 amide bonds. The molecular formula is C20H26N6O. The third-order valence-corrected chi connectivity index (χ3v) is 5.46. The van der Waals surface area contributed by atoms with E-state index in [1.807, 2.05) is 36.1 Å². The number of rotatable bonds is 3. The molecule has 7 heteroatoms. The second-order valence-corrected chi connectivity index (χ2v) is 7.40. The van der Waals surface area contributed by atoms with Gasteiger partial charge in [-0.3, -0.25) is 4.98 Å². The summed E-state index contributed by atoms with van der Waals surface area (Å²) >= 11 is 0. The number of hydrogen-bond acceptors (Lipinski definition) is 5. The van der Waals surface area contributed by atoms with E-state index in [0.29, 0.717) is 0 Å². The van der Waals surface area contributed by atoms with E-state index in [0.717, 1.165) is 62.4 Å². The minimum atomic E-state index is 0.0381. The third kappa shape index (κ3) is 4.02. The van der Waals surface area contributed by atoms with Crippen LogP contribution >= 0.6 is 0 Å². The molecule has 0 radical (unpaired) electrons. The van der Waals surface area contributed by atoms with E-state index < -0.39 is 0 Å². The quantitative estimate of drug-likeness (QED) is 0.904. The Morgan fingerprint density at radius 2 is 1.89 bits per heavy atom. The molecule has 2 saturated heterocycles. The molecule has 1 N–H and O–H groups in total. The van der Waals surface area contributed by atoms with Crippen LogP contribution in [0.2, 0.25) is 0 Å². The number of carbonyl (C=O) groups excluding carboxylic acids is 1. The monoisotopic (exact) mass is 366 g/mol. The number of nitrogens with zero attached hydrogens (tertiary/aromatic N) is 5. The van der Waals surface area contributed by atoms with Crippen molar-refractivity contribution in [1.82, 2.24) is 25.4 Å². The lowest BCUT2D eigenvalue weighted by Gasteiger charge is -2.35. The lowest BCUT2D eigenvalue weighted by atomic mass is 10.1. The molecule has 0 spiro atoms. The predicted molar refractivity (Wildman–Crippen MR) is 103 cm³/mol. The maximum Gasteiger partial charge on any atom is 0.318 e. The maximum atomic E-state index is 12.9. The lowest BCUT2D eigenvalue weighted by molar-refractivity contribution is 0.187. The Kier molecular flexibility index (Phi) is 5.18. The van der Waals surface area contributed by atoms with Crippen LogP contribution < -0.4 is 10.2 Å². The second-order valence-electron chi connectivity index (χ2n) is 7.40. The van der Waals surface area contributed by atoms with Gasteiger partial charge in [0, 0.05) is 38.1 Å². The summed E-state index contributed by atoms with van der Waals surface area (Å²) in [5.41, 5.74) is 2.08. The van der Waals surface area contributed by atoms with Gasteiger partial charge in [-0.15, -0.1) is 5.10 Å². The van der Waals surface area contributed by atoms with Crippen molar-refractivity contribution < 1.29 is 4.79 Å². The summed E-state index contributed by atoms with van der Waals surface area (Å²) in [7, 11) is 0. The smallest absolute Gasteiger partial charge is 0.318 e. The molecule has 2 aliphatic heterocycles. The molecule has 142 valence electrons. The van der Waals surface area contributed by atoms with Crippen molar-refractivity contribution in [3.63, 3.8) is 0 Å². The van der Waals surface area contributed by atoms with Crippen molar-refractivity contribution in [3.05, 3.63) is 47.9 Å². The van der Waals surface area contributed by atoms with Crippen LogP contribution in [0.4, 0.5) is 10.6 Å². The number of hydrogen-bond donors (Lipinski definition) is 1. The summed E-state index contributed by atoms with van der Waals surface area (Å²) in [5, 5.41) is 11.7. The Balaban J connectivity index is 1.39. The van der Waals surface area contributed by atoms with Crippen LogP contribution in [0.15, 0.2) is 36.7 Å². The van der Waals surface area contributed by atoms with Gasteiger partial charge in [-0.2, -0.15) is 5.10 Å². The molecule has 2 atom stereocenters. The van der Waals surface area contributed by atoms with Crippen LogP contribution in [0, 0.1) is 6.92 Å². The average Bonchev–Trinajstić information content (AvgIpc) is 3.19. The molecule has 2 aromatic heterocycles. The van der Waals surface area contributed by atoms with Gasteiger partial charge in [0.2, 0.25) is 0 Å². The largest absolute Gasteiger partial charge is 0.353 e. The van der Waals surface area contributed by atoms with E-state index in [4.69, 9.17) is 0 Å². The first-order valence-electron chi connectivity index (χ1n) is 9.73. The summed E-state index contributed by atoms with van der Waals surface area (Å²) in [5.74, 6) is 0.885. The first kappa shape index (κ1) is 17.7. The molecule has 2 unspecified atom stereocenters. The summed E-state index contributed by atoms with van der Waals surface area (Å²) in [4.78, 5) is 21.2. The molecule has 7 nitrogen and oxygen atoms in total. The Morgan fingerprint density at radius 1 is 1.07 bits per heavy atom. The molecule has 4 rings (SSSR count). The molecule has 2 fully saturated rings. The number of aromatic nitrogens is 3. The Hall–Kier alpha value is -2.70. The van der Waals surface area contributed by atoms with E-state index >= 15 is 0 Å². The van der Waals surface area contributed by atoms with Gasteiger partial charge in [0.25, 0.3) is 0 Å². The minimum absolute atomic E-state index is 0.0381. The van der Waals surface area contributed by atoms with Crippen LogP contribution in [0.3, 0.4) is 0 Å². The van der Waals surface area contributed by atoms with Gasteiger partial charge < -0.3 is 15.1 Å². The highest BCUT2D eigenvalue weighted by atomic mass is 16.2. The van der Waals surface area contributed by atoms with Crippen LogP contribution in [0.1, 0.15) is 43.0 Å². The van der Waals surface area contributed by atoms with Gasteiger partial charge in [-0.25, -0.2) is 4.79 Å². The standard InChI is InChI=1S/C20H26N6O/c1-15-6-7-19(24-23-15)25-12-2-4-17(14-25)22-20(27)26-13-3-5-18(26)16-8-10-21-11-9-16/h6-11,17-18H,2-5,12-14H2,1H3,(H,22,27). The third-order valence-electron chi connectivity index (χ3n) is 5.46. The SMILES string of the molecule is Cc1ccc(N2CCCC(NC(=O)N3CCCC3c3ccncc3)C2)nn1. The summed E-state index contributed by atoms with van der Waals surface area (Å²) in [6.45, 7) is 4.47. The number of carbonyl (C=O) groups is 1. The lowest BCUT2D eigenvalue weighted by Crippen LogP contribution is -2.51. The molecule has 4 heterocycles. The van der Waals surface area contributed by atoms with Crippen LogP contribution in [0.25, 0.3) is 0 Å². The number of likely N-dealkylation sites (tertiary alicyclic amines) is 1.